The van der Waals surface area contributed by atoms with E-state index >= 15 is 0 Å². The lowest BCUT2D eigenvalue weighted by molar-refractivity contribution is -0.166. The largest absolute Gasteiger partial charge is 0.481 e. The minimum absolute atomic E-state index is 0.0421. The quantitative estimate of drug-likeness (QED) is 0.451. The minimum Gasteiger partial charge on any atom is -0.481 e. The highest BCUT2D eigenvalue weighted by atomic mass is 16.4. The summed E-state index contributed by atoms with van der Waals surface area (Å²) < 4.78 is 0. The summed E-state index contributed by atoms with van der Waals surface area (Å²) in [5.74, 6) is -10.9. The molecule has 0 bridgehead atoms. The zero-order valence-electron chi connectivity index (χ0n) is 8.49. The monoisotopic (exact) mass is 246 g/mol. The first-order chi connectivity index (χ1) is 7.74. The number of hydrogen-bond donors (Lipinski definition) is 4. The highest BCUT2D eigenvalue weighted by Crippen LogP contribution is 2.58. The van der Waals surface area contributed by atoms with Gasteiger partial charge in [0, 0.05) is 5.41 Å². The Bertz CT molecular complexity index is 332. The molecule has 0 heterocycles. The van der Waals surface area contributed by atoms with Crippen LogP contribution in [0.3, 0.4) is 0 Å². The SMILES string of the molecule is O=C(O)C(C(=O)O)C1(C(C(=O)O)C(=O)O)CC1. The van der Waals surface area contributed by atoms with Gasteiger partial charge in [-0.05, 0) is 12.8 Å². The molecule has 1 saturated carbocycles. The Labute approximate surface area is 94.5 Å². The second-order valence-corrected chi connectivity index (χ2v) is 3.95. The first-order valence-electron chi connectivity index (χ1n) is 4.65. The molecule has 17 heavy (non-hydrogen) atoms. The fourth-order valence-corrected chi connectivity index (χ4v) is 2.08. The molecule has 1 aliphatic rings. The van der Waals surface area contributed by atoms with E-state index in [-0.39, 0.29) is 12.8 Å². The van der Waals surface area contributed by atoms with Crippen molar-refractivity contribution in [2.75, 3.05) is 0 Å². The molecule has 0 atom stereocenters. The smallest absolute Gasteiger partial charge is 0.318 e. The van der Waals surface area contributed by atoms with Gasteiger partial charge in [-0.3, -0.25) is 19.2 Å². The van der Waals surface area contributed by atoms with Gasteiger partial charge in [-0.25, -0.2) is 0 Å². The van der Waals surface area contributed by atoms with Gasteiger partial charge in [-0.15, -0.1) is 0 Å². The van der Waals surface area contributed by atoms with E-state index < -0.39 is 41.1 Å². The molecule has 1 fully saturated rings. The van der Waals surface area contributed by atoms with Crippen molar-refractivity contribution in [2.45, 2.75) is 12.8 Å². The fourth-order valence-electron chi connectivity index (χ4n) is 2.08. The summed E-state index contributed by atoms with van der Waals surface area (Å²) in [6.07, 6.45) is -0.0843. The Morgan fingerprint density at radius 1 is 0.706 bits per heavy atom. The van der Waals surface area contributed by atoms with E-state index in [9.17, 15) is 19.2 Å². The van der Waals surface area contributed by atoms with Crippen LogP contribution in [0.1, 0.15) is 12.8 Å². The van der Waals surface area contributed by atoms with Crippen LogP contribution < -0.4 is 0 Å². The van der Waals surface area contributed by atoms with E-state index in [0.29, 0.717) is 0 Å². The molecule has 0 saturated heterocycles. The lowest BCUT2D eigenvalue weighted by atomic mass is 9.78. The lowest BCUT2D eigenvalue weighted by Crippen LogP contribution is -2.43. The average Bonchev–Trinajstić information content (AvgIpc) is 2.81. The van der Waals surface area contributed by atoms with E-state index in [1.807, 2.05) is 0 Å². The van der Waals surface area contributed by atoms with Crippen molar-refractivity contribution in [1.29, 1.82) is 0 Å². The van der Waals surface area contributed by atoms with E-state index in [4.69, 9.17) is 20.4 Å². The Morgan fingerprint density at radius 3 is 1.06 bits per heavy atom. The number of aliphatic carboxylic acids is 4. The van der Waals surface area contributed by atoms with Crippen molar-refractivity contribution < 1.29 is 39.6 Å². The Hall–Kier alpha value is -2.12. The predicted octanol–water partition coefficient (Wildman–Crippen LogP) is -0.663. The van der Waals surface area contributed by atoms with Crippen LogP contribution in [-0.2, 0) is 19.2 Å². The summed E-state index contributed by atoms with van der Waals surface area (Å²) in [4.78, 5) is 43.2. The normalized spacial score (nSPS) is 16.8. The van der Waals surface area contributed by atoms with Crippen LogP contribution >= 0.6 is 0 Å². The van der Waals surface area contributed by atoms with Crippen molar-refractivity contribution in [3.8, 4) is 0 Å². The van der Waals surface area contributed by atoms with Gasteiger partial charge in [0.05, 0.1) is 0 Å². The van der Waals surface area contributed by atoms with Gasteiger partial charge < -0.3 is 20.4 Å². The summed E-state index contributed by atoms with van der Waals surface area (Å²) >= 11 is 0. The van der Waals surface area contributed by atoms with E-state index in [0.717, 1.165) is 0 Å². The Balaban J connectivity index is 3.16. The van der Waals surface area contributed by atoms with Gasteiger partial charge in [-0.2, -0.15) is 0 Å². The van der Waals surface area contributed by atoms with Crippen LogP contribution in [0.4, 0.5) is 0 Å². The third-order valence-corrected chi connectivity index (χ3v) is 2.96. The molecule has 0 unspecified atom stereocenters. The molecule has 8 heteroatoms. The standard InChI is InChI=1S/C9H10O8/c10-5(11)3(6(12)13)9(1-2-9)4(7(14)15)8(16)17/h3-4H,1-2H2,(H,10,11)(H,12,13)(H,14,15)(H,16,17). The summed E-state index contributed by atoms with van der Waals surface area (Å²) in [5, 5.41) is 35.1. The molecular weight excluding hydrogens is 236 g/mol. The molecular formula is C9H10O8. The van der Waals surface area contributed by atoms with E-state index in [1.54, 1.807) is 0 Å². The number of rotatable bonds is 6. The molecule has 0 aliphatic heterocycles. The highest BCUT2D eigenvalue weighted by molar-refractivity contribution is 6.00. The van der Waals surface area contributed by atoms with Crippen LogP contribution in [0.25, 0.3) is 0 Å². The summed E-state index contributed by atoms with van der Waals surface area (Å²) in [5.41, 5.74) is -1.73. The van der Waals surface area contributed by atoms with Gasteiger partial charge in [0.2, 0.25) is 0 Å². The predicted molar refractivity (Wildman–Crippen MR) is 49.2 cm³/mol. The number of hydrogen-bond acceptors (Lipinski definition) is 4. The van der Waals surface area contributed by atoms with Gasteiger partial charge in [0.15, 0.2) is 11.8 Å². The molecule has 0 aromatic rings. The second kappa shape index (κ2) is 4.04. The molecule has 0 radical (unpaired) electrons. The molecule has 1 rings (SSSR count). The summed E-state index contributed by atoms with van der Waals surface area (Å²) in [6.45, 7) is 0. The van der Waals surface area contributed by atoms with Crippen molar-refractivity contribution in [2.24, 2.45) is 17.3 Å². The van der Waals surface area contributed by atoms with Gasteiger partial charge in [-0.1, -0.05) is 0 Å². The highest BCUT2D eigenvalue weighted by Gasteiger charge is 2.65. The molecule has 0 aromatic heterocycles. The summed E-state index contributed by atoms with van der Waals surface area (Å²) in [6, 6.07) is 0. The fraction of sp³-hybridized carbons (Fsp3) is 0.556. The Kier molecular flexibility index (Phi) is 3.08. The van der Waals surface area contributed by atoms with E-state index in [2.05, 4.69) is 0 Å². The molecule has 0 spiro atoms. The maximum absolute atomic E-state index is 10.8. The molecule has 1 aliphatic carbocycles. The van der Waals surface area contributed by atoms with Crippen LogP contribution in [0.15, 0.2) is 0 Å². The van der Waals surface area contributed by atoms with Gasteiger partial charge >= 0.3 is 23.9 Å². The van der Waals surface area contributed by atoms with Crippen molar-refractivity contribution in [1.82, 2.24) is 0 Å². The van der Waals surface area contributed by atoms with Gasteiger partial charge in [0.25, 0.3) is 0 Å². The maximum atomic E-state index is 10.8. The van der Waals surface area contributed by atoms with Crippen molar-refractivity contribution >= 4 is 23.9 Å². The third kappa shape index (κ3) is 2.05. The lowest BCUT2D eigenvalue weighted by Gasteiger charge is -2.23. The Morgan fingerprint density at radius 2 is 0.941 bits per heavy atom. The molecule has 8 nitrogen and oxygen atoms in total. The summed E-state index contributed by atoms with van der Waals surface area (Å²) in [7, 11) is 0. The van der Waals surface area contributed by atoms with Crippen LogP contribution in [0.5, 0.6) is 0 Å². The van der Waals surface area contributed by atoms with E-state index in [1.165, 1.54) is 0 Å². The minimum atomic E-state index is -2.01. The number of carboxylic acid groups (broad SMARTS) is 4. The third-order valence-electron chi connectivity index (χ3n) is 2.96. The molecule has 0 amide bonds. The van der Waals surface area contributed by atoms with Crippen molar-refractivity contribution in [3.63, 3.8) is 0 Å². The molecule has 4 N–H and O–H groups in total. The van der Waals surface area contributed by atoms with Crippen LogP contribution in [-0.4, -0.2) is 44.3 Å². The maximum Gasteiger partial charge on any atom is 0.318 e. The number of carbonyl (C=O) groups is 4. The average molecular weight is 246 g/mol. The zero-order chi connectivity index (χ0) is 13.4. The number of carboxylic acids is 4. The topological polar surface area (TPSA) is 149 Å². The van der Waals surface area contributed by atoms with Crippen LogP contribution in [0, 0.1) is 17.3 Å². The van der Waals surface area contributed by atoms with Crippen LogP contribution in [0.2, 0.25) is 0 Å². The van der Waals surface area contributed by atoms with Gasteiger partial charge in [0.1, 0.15) is 0 Å². The molecule has 94 valence electrons. The second-order valence-electron chi connectivity index (χ2n) is 3.95. The van der Waals surface area contributed by atoms with Crippen molar-refractivity contribution in [3.05, 3.63) is 0 Å². The molecule has 0 aromatic carbocycles. The first kappa shape index (κ1) is 12.9. The zero-order valence-corrected chi connectivity index (χ0v) is 8.49. The first-order valence-corrected chi connectivity index (χ1v) is 4.65.